The second-order valence-electron chi connectivity index (χ2n) is 6.60. The Morgan fingerprint density at radius 2 is 1.83 bits per heavy atom. The van der Waals surface area contributed by atoms with Crippen LogP contribution in [0.4, 0.5) is 0 Å². The smallest absolute Gasteiger partial charge is 0.331 e. The number of esters is 1. The van der Waals surface area contributed by atoms with Crippen molar-refractivity contribution < 1.29 is 22.5 Å². The average molecular weight is 353 g/mol. The predicted octanol–water partition coefficient (Wildman–Crippen LogP) is 2.12. The van der Waals surface area contributed by atoms with E-state index in [0.717, 1.165) is 18.5 Å². The average Bonchev–Trinajstić information content (AvgIpc) is 2.70. The zero-order chi connectivity index (χ0) is 18.1. The Morgan fingerprint density at radius 1 is 1.29 bits per heavy atom. The third-order valence-electron chi connectivity index (χ3n) is 4.26. The van der Waals surface area contributed by atoms with Crippen LogP contribution in [0.2, 0.25) is 0 Å². The van der Waals surface area contributed by atoms with Crippen molar-refractivity contribution in [1.29, 1.82) is 0 Å². The quantitative estimate of drug-likeness (QED) is 0.615. The van der Waals surface area contributed by atoms with Crippen LogP contribution in [0.5, 0.6) is 0 Å². The molecule has 2 aliphatic rings. The molecule has 0 saturated carbocycles. The first kappa shape index (κ1) is 18.6. The van der Waals surface area contributed by atoms with E-state index in [-0.39, 0.29) is 5.97 Å². The van der Waals surface area contributed by atoms with Crippen molar-refractivity contribution in [2.24, 2.45) is 0 Å². The summed E-state index contributed by atoms with van der Waals surface area (Å²) in [6.07, 6.45) is 3.25. The number of likely N-dealkylation sites (tertiary alicyclic amines) is 1. The van der Waals surface area contributed by atoms with Gasteiger partial charge in [0.05, 0.1) is 6.26 Å². The number of rotatable bonds is 1. The maximum Gasteiger partial charge on any atom is 0.331 e. The molecule has 6 nitrogen and oxygen atoms in total. The molecule has 0 aliphatic carbocycles. The highest BCUT2D eigenvalue weighted by Crippen LogP contribution is 2.42. The highest BCUT2D eigenvalue weighted by Gasteiger charge is 2.45. The van der Waals surface area contributed by atoms with Crippen molar-refractivity contribution in [1.82, 2.24) is 4.90 Å². The van der Waals surface area contributed by atoms with Gasteiger partial charge >= 0.3 is 5.97 Å². The lowest BCUT2D eigenvalue weighted by Gasteiger charge is -2.42. The maximum absolute atomic E-state index is 11.5. The number of benzene rings is 1. The molecule has 0 aromatic heterocycles. The molecule has 7 heteroatoms. The number of nitrogens with zero attached hydrogens (tertiary/aromatic N) is 1. The molecule has 1 saturated heterocycles. The molecule has 0 bridgehead atoms. The Kier molecular flexibility index (Phi) is 5.17. The first-order valence-corrected chi connectivity index (χ1v) is 9.46. The summed E-state index contributed by atoms with van der Waals surface area (Å²) in [5, 5.41) is 0. The summed E-state index contributed by atoms with van der Waals surface area (Å²) >= 11 is 0. The molecule has 2 atom stereocenters. The van der Waals surface area contributed by atoms with Gasteiger partial charge in [-0.15, -0.1) is 0 Å². The minimum atomic E-state index is -3.67. The van der Waals surface area contributed by atoms with Crippen molar-refractivity contribution >= 4 is 16.1 Å². The lowest BCUT2D eigenvalue weighted by molar-refractivity contribution is -0.147. The van der Waals surface area contributed by atoms with E-state index in [2.05, 4.69) is 43.1 Å². The van der Waals surface area contributed by atoms with E-state index in [1.54, 1.807) is 6.08 Å². The Labute approximate surface area is 142 Å². The standard InChI is InChI=1S/C16H19NO2.CH4O3S/c1-11-4-6-12(7-5-11)14-8-13-9-15(18)19-16(13,2)10-17(14)3;1-5(2,3)4/h4-7,9,14H,8,10H2,1-3H3;1H3,(H,2,3,4). The number of ether oxygens (including phenoxy) is 1. The van der Waals surface area contributed by atoms with Gasteiger partial charge in [0.1, 0.15) is 5.60 Å². The summed E-state index contributed by atoms with van der Waals surface area (Å²) in [6.45, 7) is 4.85. The molecule has 2 heterocycles. The molecule has 1 N–H and O–H groups in total. The fourth-order valence-electron chi connectivity index (χ4n) is 3.13. The van der Waals surface area contributed by atoms with Crippen LogP contribution in [0.3, 0.4) is 0 Å². The molecule has 3 rings (SSSR count). The van der Waals surface area contributed by atoms with Crippen molar-refractivity contribution in [3.63, 3.8) is 0 Å². The maximum atomic E-state index is 11.5. The van der Waals surface area contributed by atoms with E-state index in [1.165, 1.54) is 11.1 Å². The van der Waals surface area contributed by atoms with Gasteiger partial charge in [-0.3, -0.25) is 9.45 Å². The Balaban J connectivity index is 0.000000368. The van der Waals surface area contributed by atoms with Crippen LogP contribution >= 0.6 is 0 Å². The Hall–Kier alpha value is -1.70. The molecule has 24 heavy (non-hydrogen) atoms. The van der Waals surface area contributed by atoms with Gasteiger partial charge in [0.2, 0.25) is 0 Å². The number of piperidine rings is 1. The van der Waals surface area contributed by atoms with E-state index < -0.39 is 15.7 Å². The lowest BCUT2D eigenvalue weighted by atomic mass is 9.83. The van der Waals surface area contributed by atoms with Crippen molar-refractivity contribution in [3.8, 4) is 0 Å². The third kappa shape index (κ3) is 4.66. The van der Waals surface area contributed by atoms with Gasteiger partial charge in [-0.25, -0.2) is 4.79 Å². The minimum absolute atomic E-state index is 0.199. The first-order chi connectivity index (χ1) is 11.0. The van der Waals surface area contributed by atoms with E-state index in [0.29, 0.717) is 12.3 Å². The summed E-state index contributed by atoms with van der Waals surface area (Å²) in [6, 6.07) is 8.97. The predicted molar refractivity (Wildman–Crippen MR) is 91.2 cm³/mol. The van der Waals surface area contributed by atoms with Crippen LogP contribution in [0.1, 0.15) is 30.5 Å². The number of aryl methyl sites for hydroxylation is 1. The van der Waals surface area contributed by atoms with Gasteiger partial charge in [-0.05, 0) is 38.5 Å². The second-order valence-corrected chi connectivity index (χ2v) is 8.07. The summed E-state index contributed by atoms with van der Waals surface area (Å²) in [4.78, 5) is 13.8. The Bertz CT molecular complexity index is 746. The van der Waals surface area contributed by atoms with Crippen molar-refractivity contribution in [2.45, 2.75) is 31.9 Å². The highest BCUT2D eigenvalue weighted by molar-refractivity contribution is 7.85. The number of fused-ring (bicyclic) bond motifs is 1. The van der Waals surface area contributed by atoms with Gasteiger partial charge in [-0.1, -0.05) is 29.8 Å². The van der Waals surface area contributed by atoms with E-state index in [1.807, 2.05) is 6.92 Å². The number of likely N-dealkylation sites (N-methyl/N-ethyl adjacent to an activating group) is 1. The molecule has 1 aromatic rings. The van der Waals surface area contributed by atoms with Crippen LogP contribution in [0.15, 0.2) is 35.9 Å². The summed E-state index contributed by atoms with van der Waals surface area (Å²) < 4.78 is 31.3. The molecule has 1 fully saturated rings. The normalized spacial score (nSPS) is 26.8. The topological polar surface area (TPSA) is 83.9 Å². The van der Waals surface area contributed by atoms with Crippen molar-refractivity contribution in [3.05, 3.63) is 47.0 Å². The molecule has 2 aliphatic heterocycles. The molecule has 0 amide bonds. The molecular weight excluding hydrogens is 330 g/mol. The molecule has 132 valence electrons. The molecular formula is C17H23NO5S. The zero-order valence-electron chi connectivity index (χ0n) is 14.3. The number of hydrogen-bond donors (Lipinski definition) is 1. The second kappa shape index (κ2) is 6.66. The lowest BCUT2D eigenvalue weighted by Crippen LogP contribution is -2.47. The van der Waals surface area contributed by atoms with E-state index in [9.17, 15) is 13.2 Å². The monoisotopic (exact) mass is 353 g/mol. The van der Waals surface area contributed by atoms with Crippen LogP contribution < -0.4 is 0 Å². The highest BCUT2D eigenvalue weighted by atomic mass is 32.2. The largest absolute Gasteiger partial charge is 0.450 e. The van der Waals surface area contributed by atoms with Gasteiger partial charge in [0.15, 0.2) is 0 Å². The van der Waals surface area contributed by atoms with E-state index >= 15 is 0 Å². The van der Waals surface area contributed by atoms with Crippen LogP contribution in [-0.2, 0) is 19.6 Å². The van der Waals surface area contributed by atoms with Gasteiger partial charge in [-0.2, -0.15) is 8.42 Å². The van der Waals surface area contributed by atoms with E-state index in [4.69, 9.17) is 9.29 Å². The molecule has 2 unspecified atom stereocenters. The fraction of sp³-hybridized carbons (Fsp3) is 0.471. The zero-order valence-corrected chi connectivity index (χ0v) is 15.1. The number of hydrogen-bond acceptors (Lipinski definition) is 5. The number of carbonyl (C=O) groups excluding carboxylic acids is 1. The van der Waals surface area contributed by atoms with Gasteiger partial charge in [0.25, 0.3) is 10.1 Å². The Morgan fingerprint density at radius 3 is 2.38 bits per heavy atom. The van der Waals surface area contributed by atoms with Crippen LogP contribution in [0, 0.1) is 6.92 Å². The summed E-state index contributed by atoms with van der Waals surface area (Å²) in [7, 11) is -1.57. The van der Waals surface area contributed by atoms with Gasteiger partial charge < -0.3 is 4.74 Å². The minimum Gasteiger partial charge on any atom is -0.450 e. The third-order valence-corrected chi connectivity index (χ3v) is 4.26. The fourth-order valence-corrected chi connectivity index (χ4v) is 3.13. The first-order valence-electron chi connectivity index (χ1n) is 7.61. The van der Waals surface area contributed by atoms with Crippen molar-refractivity contribution in [2.75, 3.05) is 19.8 Å². The summed E-state index contributed by atoms with van der Waals surface area (Å²) in [5.74, 6) is -0.199. The summed E-state index contributed by atoms with van der Waals surface area (Å²) in [5.41, 5.74) is 3.27. The van der Waals surface area contributed by atoms with Crippen LogP contribution in [0.25, 0.3) is 0 Å². The molecule has 1 aromatic carbocycles. The molecule has 0 spiro atoms. The van der Waals surface area contributed by atoms with Gasteiger partial charge in [0, 0.05) is 18.7 Å². The SMILES string of the molecule is CS(=O)(=O)O.Cc1ccc(C2CC3=CC(=O)OC3(C)CN2C)cc1. The van der Waals surface area contributed by atoms with Crippen LogP contribution in [-0.4, -0.2) is 49.3 Å². The molecule has 0 radical (unpaired) electrons. The number of carbonyl (C=O) groups is 1.